The van der Waals surface area contributed by atoms with Crippen molar-refractivity contribution in [3.05, 3.63) is 122 Å². The number of H-pyrrole nitrogens is 2. The van der Waals surface area contributed by atoms with Gasteiger partial charge in [-0.3, -0.25) is 9.97 Å². The van der Waals surface area contributed by atoms with Gasteiger partial charge in [-0.2, -0.15) is 0 Å². The first kappa shape index (κ1) is 40.5. The van der Waals surface area contributed by atoms with Crippen molar-refractivity contribution >= 4 is 45.9 Å². The molecule has 0 aliphatic carbocycles. The number of aromatic nitrogens is 6. The van der Waals surface area contributed by atoms with Crippen LogP contribution in [-0.2, 0) is 63.9 Å². The Labute approximate surface area is 303 Å². The van der Waals surface area contributed by atoms with E-state index >= 15 is 0 Å². The Kier molecular flexibility index (Phi) is 18.0. The van der Waals surface area contributed by atoms with Gasteiger partial charge in [-0.25, -0.2) is 19.6 Å². The number of nitrogens with zero attached hydrogens (tertiary/aromatic N) is 4. The molecule has 0 amide bonds. The molecule has 4 heterocycles. The van der Waals surface area contributed by atoms with E-state index in [2.05, 4.69) is 29.9 Å². The van der Waals surface area contributed by atoms with Gasteiger partial charge in [0.1, 0.15) is 11.6 Å². The van der Waals surface area contributed by atoms with Crippen molar-refractivity contribution in [2.24, 2.45) is 0 Å². The summed E-state index contributed by atoms with van der Waals surface area (Å²) in [5, 5.41) is 34.5. The van der Waals surface area contributed by atoms with E-state index in [1.165, 1.54) is 0 Å². The fraction of sp³-hybridized carbons (Fsp3) is 0. The molecule has 0 atom stereocenters. The molecular formula is C32H24Ag2N6O8. The van der Waals surface area contributed by atoms with Crippen molar-refractivity contribution in [1.29, 1.82) is 0 Å². The van der Waals surface area contributed by atoms with E-state index in [0.717, 1.165) is 44.8 Å². The molecular weight excluding hydrogens is 812 g/mol. The number of carbonyl (C=O) groups is 4. The number of carboxylic acid groups (broad SMARTS) is 4. The number of rotatable bonds is 6. The van der Waals surface area contributed by atoms with E-state index in [1.807, 2.05) is 72.8 Å². The maximum absolute atomic E-state index is 9.53. The Morgan fingerprint density at radius 1 is 0.562 bits per heavy atom. The zero-order chi connectivity index (χ0) is 33.3. The van der Waals surface area contributed by atoms with Gasteiger partial charge in [-0.1, -0.05) is 24.3 Å². The van der Waals surface area contributed by atoms with Gasteiger partial charge in [0.15, 0.2) is 0 Å². The molecule has 6 rings (SSSR count). The number of benzene rings is 2. The van der Waals surface area contributed by atoms with Gasteiger partial charge in [-0.05, 0) is 60.7 Å². The largest absolute Gasteiger partial charge is 1.00 e. The number of fused-ring (bicyclic) bond motifs is 2. The number of aliphatic carboxylic acids is 4. The van der Waals surface area contributed by atoms with Crippen molar-refractivity contribution in [1.82, 2.24) is 29.9 Å². The van der Waals surface area contributed by atoms with Crippen molar-refractivity contribution < 1.29 is 84.4 Å². The monoisotopic (exact) mass is 834 g/mol. The second-order valence-corrected chi connectivity index (χ2v) is 8.67. The third-order valence-electron chi connectivity index (χ3n) is 5.37. The number of imidazole rings is 2. The van der Waals surface area contributed by atoms with Crippen LogP contribution in [0.1, 0.15) is 0 Å². The van der Waals surface area contributed by atoms with Gasteiger partial charge in [0, 0.05) is 48.1 Å². The maximum Gasteiger partial charge on any atom is 1.00 e. The first-order valence-electron chi connectivity index (χ1n) is 13.1. The number of hydrogen-bond donors (Lipinski definition) is 4. The fourth-order valence-corrected chi connectivity index (χ4v) is 3.46. The van der Waals surface area contributed by atoms with E-state index in [4.69, 9.17) is 10.2 Å². The molecule has 4 aromatic heterocycles. The quantitative estimate of drug-likeness (QED) is 0.139. The summed E-state index contributed by atoms with van der Waals surface area (Å²) in [7, 11) is 0. The fourth-order valence-electron chi connectivity index (χ4n) is 3.46. The van der Waals surface area contributed by atoms with E-state index in [9.17, 15) is 29.4 Å². The van der Waals surface area contributed by atoms with Crippen LogP contribution in [0, 0.1) is 0 Å². The van der Waals surface area contributed by atoms with Crippen molar-refractivity contribution in [3.63, 3.8) is 0 Å². The number of aromatic amines is 2. The second-order valence-electron chi connectivity index (χ2n) is 8.67. The smallest absolute Gasteiger partial charge is 0.545 e. The first-order valence-corrected chi connectivity index (χ1v) is 13.1. The molecule has 0 saturated carbocycles. The van der Waals surface area contributed by atoms with Crippen LogP contribution in [0.5, 0.6) is 0 Å². The van der Waals surface area contributed by atoms with E-state index in [0.29, 0.717) is 24.3 Å². The maximum atomic E-state index is 9.53. The molecule has 0 aliphatic rings. The molecule has 0 spiro atoms. The summed E-state index contributed by atoms with van der Waals surface area (Å²) in [5.74, 6) is -3.88. The Balaban J connectivity index is 0.000000331. The predicted molar refractivity (Wildman–Crippen MR) is 162 cm³/mol. The number of pyridine rings is 2. The molecule has 0 saturated heterocycles. The average molecular weight is 836 g/mol. The summed E-state index contributed by atoms with van der Waals surface area (Å²) in [6, 6.07) is 23.8. The summed E-state index contributed by atoms with van der Waals surface area (Å²) < 4.78 is 0. The molecule has 2 aromatic carbocycles. The van der Waals surface area contributed by atoms with Crippen LogP contribution in [0.25, 0.3) is 44.8 Å². The minimum absolute atomic E-state index is 0. The van der Waals surface area contributed by atoms with Crippen LogP contribution in [0.2, 0.25) is 0 Å². The third-order valence-corrected chi connectivity index (χ3v) is 5.37. The topological polar surface area (TPSA) is 238 Å². The summed E-state index contributed by atoms with van der Waals surface area (Å²) in [6.45, 7) is 0. The Hall–Kier alpha value is -5.48. The molecule has 0 unspecified atom stereocenters. The van der Waals surface area contributed by atoms with Gasteiger partial charge < -0.3 is 40.0 Å². The number of nitrogens with one attached hydrogen (secondary N) is 2. The normalized spacial score (nSPS) is 9.83. The summed E-state index contributed by atoms with van der Waals surface area (Å²) in [6.07, 6.45) is 9.00. The molecule has 0 radical (unpaired) electrons. The Morgan fingerprint density at radius 3 is 1.21 bits per heavy atom. The van der Waals surface area contributed by atoms with Gasteiger partial charge in [0.2, 0.25) is 0 Å². The van der Waals surface area contributed by atoms with Crippen LogP contribution in [0.15, 0.2) is 122 Å². The zero-order valence-corrected chi connectivity index (χ0v) is 27.2. The molecule has 0 bridgehead atoms. The van der Waals surface area contributed by atoms with Gasteiger partial charge in [-0.15, -0.1) is 0 Å². The Morgan fingerprint density at radius 2 is 0.938 bits per heavy atom. The third kappa shape index (κ3) is 14.3. The minimum atomic E-state index is -1.51. The number of para-hydroxylation sites is 4. The van der Waals surface area contributed by atoms with Crippen molar-refractivity contribution in [3.8, 4) is 22.8 Å². The van der Waals surface area contributed by atoms with Crippen LogP contribution in [-0.4, -0.2) is 64.0 Å². The summed E-state index contributed by atoms with van der Waals surface area (Å²) in [5.41, 5.74) is 6.09. The van der Waals surface area contributed by atoms with Crippen LogP contribution in [0.3, 0.4) is 0 Å². The molecule has 14 nitrogen and oxygen atoms in total. The number of carbonyl (C=O) groups excluding carboxylic acids is 2. The summed E-state index contributed by atoms with van der Waals surface area (Å²) in [4.78, 5) is 61.6. The van der Waals surface area contributed by atoms with E-state index in [1.54, 1.807) is 24.8 Å². The molecule has 4 N–H and O–H groups in total. The number of hydrogen-bond acceptors (Lipinski definition) is 10. The van der Waals surface area contributed by atoms with Gasteiger partial charge in [0.05, 0.1) is 34.0 Å². The standard InChI is InChI=1S/2C12H9N3.2C4H4O4.2Ag/c2*1-2-6-11-10(5-1)14-12(15-11)9-4-3-7-13-8-9;2*5-3(6)1-2-4(7)8;;/h2*1-8H,(H,14,15);2*1-2H,(H,5,6)(H,7,8);;/q;;;;2*+1/p-2/b;;2*2-1-;;. The van der Waals surface area contributed by atoms with Crippen LogP contribution >= 0.6 is 0 Å². The van der Waals surface area contributed by atoms with E-state index < -0.39 is 23.9 Å². The molecule has 48 heavy (non-hydrogen) atoms. The number of carboxylic acids is 4. The molecule has 252 valence electrons. The average Bonchev–Trinajstić information content (AvgIpc) is 3.70. The summed E-state index contributed by atoms with van der Waals surface area (Å²) >= 11 is 0. The van der Waals surface area contributed by atoms with E-state index in [-0.39, 0.29) is 44.8 Å². The molecule has 6 aromatic rings. The van der Waals surface area contributed by atoms with Gasteiger partial charge in [0.25, 0.3) is 0 Å². The van der Waals surface area contributed by atoms with Gasteiger partial charge >= 0.3 is 56.7 Å². The Bertz CT molecular complexity index is 1740. The van der Waals surface area contributed by atoms with Crippen LogP contribution < -0.4 is 10.2 Å². The zero-order valence-electron chi connectivity index (χ0n) is 24.3. The van der Waals surface area contributed by atoms with Crippen molar-refractivity contribution in [2.75, 3.05) is 0 Å². The SMILES string of the molecule is O=C([O-])/C=C\C(=O)O.O=C([O-])/C=C\C(=O)O.[Ag+].[Ag+].c1cncc(-c2nc3ccccc3[nH]2)c1.c1cncc(-c2nc3ccccc3[nH]2)c1. The molecule has 0 fully saturated rings. The van der Waals surface area contributed by atoms with Crippen LogP contribution in [0.4, 0.5) is 0 Å². The first-order chi connectivity index (χ1) is 22.1. The molecule has 0 aliphatic heterocycles. The minimum Gasteiger partial charge on any atom is -0.545 e. The predicted octanol–water partition coefficient (Wildman–Crippen LogP) is 2.00. The second kappa shape index (κ2) is 21.3. The molecule has 16 heteroatoms. The van der Waals surface area contributed by atoms with Crippen molar-refractivity contribution in [2.45, 2.75) is 0 Å².